The lowest BCUT2D eigenvalue weighted by atomic mass is 9.88. The van der Waals surface area contributed by atoms with E-state index in [2.05, 4.69) is 5.32 Å². The van der Waals surface area contributed by atoms with Crippen LogP contribution in [0.3, 0.4) is 0 Å². The Morgan fingerprint density at radius 2 is 2.08 bits per heavy atom. The SMILES string of the molecule is CC(=O)NC1OC(=O)C(c2ccc(N3CCSCC3)c(F)c2)C1C. The second kappa shape index (κ2) is 7.01. The molecule has 2 saturated heterocycles. The highest BCUT2D eigenvalue weighted by atomic mass is 32.2. The largest absolute Gasteiger partial charge is 0.441 e. The summed E-state index contributed by atoms with van der Waals surface area (Å²) >= 11 is 1.87. The molecule has 0 bridgehead atoms. The van der Waals surface area contributed by atoms with E-state index in [0.717, 1.165) is 24.6 Å². The summed E-state index contributed by atoms with van der Waals surface area (Å²) in [5.41, 5.74) is 1.17. The predicted octanol–water partition coefficient (Wildman–Crippen LogP) is 2.12. The van der Waals surface area contributed by atoms with Gasteiger partial charge in [0.25, 0.3) is 0 Å². The quantitative estimate of drug-likeness (QED) is 0.845. The van der Waals surface area contributed by atoms with Crippen LogP contribution in [0.15, 0.2) is 18.2 Å². The van der Waals surface area contributed by atoms with E-state index in [0.29, 0.717) is 11.3 Å². The molecule has 2 aliphatic rings. The van der Waals surface area contributed by atoms with Crippen molar-refractivity contribution in [3.05, 3.63) is 29.6 Å². The maximum atomic E-state index is 14.6. The number of amides is 1. The topological polar surface area (TPSA) is 58.6 Å². The van der Waals surface area contributed by atoms with Crippen LogP contribution in [0.25, 0.3) is 0 Å². The van der Waals surface area contributed by atoms with E-state index >= 15 is 0 Å². The Balaban J connectivity index is 1.80. The zero-order chi connectivity index (χ0) is 17.3. The Kier molecular flexibility index (Phi) is 4.99. The number of esters is 1. The van der Waals surface area contributed by atoms with Gasteiger partial charge in [0.2, 0.25) is 5.91 Å². The fourth-order valence-electron chi connectivity index (χ4n) is 3.27. The van der Waals surface area contributed by atoms with Crippen molar-refractivity contribution in [1.29, 1.82) is 0 Å². The highest BCUT2D eigenvalue weighted by molar-refractivity contribution is 7.99. The number of benzene rings is 1. The summed E-state index contributed by atoms with van der Waals surface area (Å²) in [4.78, 5) is 25.4. The zero-order valence-electron chi connectivity index (χ0n) is 13.8. The maximum Gasteiger partial charge on any atom is 0.315 e. The third kappa shape index (κ3) is 3.36. The number of nitrogens with zero attached hydrogens (tertiary/aromatic N) is 1. The molecule has 1 aromatic rings. The first-order chi connectivity index (χ1) is 11.5. The molecule has 1 N–H and O–H groups in total. The van der Waals surface area contributed by atoms with Gasteiger partial charge in [-0.15, -0.1) is 0 Å². The van der Waals surface area contributed by atoms with Gasteiger partial charge in [-0.1, -0.05) is 13.0 Å². The summed E-state index contributed by atoms with van der Waals surface area (Å²) in [6.45, 7) is 4.85. The molecule has 3 rings (SSSR count). The van der Waals surface area contributed by atoms with E-state index in [1.807, 2.05) is 23.6 Å². The molecule has 3 unspecified atom stereocenters. The molecule has 7 heteroatoms. The lowest BCUT2D eigenvalue weighted by Crippen LogP contribution is -2.36. The third-order valence-electron chi connectivity index (χ3n) is 4.53. The monoisotopic (exact) mass is 352 g/mol. The number of thioether (sulfide) groups is 1. The molecule has 130 valence electrons. The number of anilines is 1. The van der Waals surface area contributed by atoms with Crippen molar-refractivity contribution in [2.45, 2.75) is 26.0 Å². The van der Waals surface area contributed by atoms with E-state index in [1.165, 1.54) is 13.0 Å². The molecule has 2 fully saturated rings. The highest BCUT2D eigenvalue weighted by Gasteiger charge is 2.43. The fourth-order valence-corrected chi connectivity index (χ4v) is 4.18. The Morgan fingerprint density at radius 1 is 1.38 bits per heavy atom. The molecule has 24 heavy (non-hydrogen) atoms. The molecule has 0 spiro atoms. The molecule has 1 aromatic carbocycles. The minimum Gasteiger partial charge on any atom is -0.441 e. The van der Waals surface area contributed by atoms with E-state index in [9.17, 15) is 14.0 Å². The first kappa shape index (κ1) is 17.1. The molecule has 3 atom stereocenters. The van der Waals surface area contributed by atoms with Crippen LogP contribution >= 0.6 is 11.8 Å². The van der Waals surface area contributed by atoms with E-state index in [-0.39, 0.29) is 17.6 Å². The minimum absolute atomic E-state index is 0.252. The predicted molar refractivity (Wildman–Crippen MR) is 91.5 cm³/mol. The van der Waals surface area contributed by atoms with Crippen molar-refractivity contribution in [3.63, 3.8) is 0 Å². The molecule has 0 saturated carbocycles. The number of carbonyl (C=O) groups is 2. The smallest absolute Gasteiger partial charge is 0.315 e. The van der Waals surface area contributed by atoms with Crippen LogP contribution in [0.2, 0.25) is 0 Å². The summed E-state index contributed by atoms with van der Waals surface area (Å²) in [5.74, 6) is 0.159. The molecule has 2 heterocycles. The Morgan fingerprint density at radius 3 is 2.71 bits per heavy atom. The standard InChI is InChI=1S/C17H21FN2O3S/c1-10-15(17(22)23-16(10)19-11(2)21)12-3-4-14(13(18)9-12)20-5-7-24-8-6-20/h3-4,9-10,15-16H,5-8H2,1-2H3,(H,19,21). The Labute approximate surface area is 144 Å². The van der Waals surface area contributed by atoms with E-state index in [4.69, 9.17) is 4.74 Å². The molecule has 1 amide bonds. The molecular weight excluding hydrogens is 331 g/mol. The number of nitrogens with one attached hydrogen (secondary N) is 1. The average Bonchev–Trinajstić information content (AvgIpc) is 2.81. The van der Waals surface area contributed by atoms with Gasteiger partial charge in [0.05, 0.1) is 11.6 Å². The molecule has 5 nitrogen and oxygen atoms in total. The first-order valence-electron chi connectivity index (χ1n) is 8.07. The van der Waals surface area contributed by atoms with Crippen molar-refractivity contribution < 1.29 is 18.7 Å². The van der Waals surface area contributed by atoms with Gasteiger partial charge in [-0.05, 0) is 17.7 Å². The number of halogens is 1. The number of carbonyl (C=O) groups excluding carboxylic acids is 2. The van der Waals surface area contributed by atoms with Gasteiger partial charge in [0.15, 0.2) is 6.23 Å². The van der Waals surface area contributed by atoms with Crippen LogP contribution < -0.4 is 10.2 Å². The molecule has 2 aliphatic heterocycles. The number of rotatable bonds is 3. The summed E-state index contributed by atoms with van der Waals surface area (Å²) in [6, 6.07) is 4.96. The summed E-state index contributed by atoms with van der Waals surface area (Å²) in [7, 11) is 0. The first-order valence-corrected chi connectivity index (χ1v) is 9.22. The van der Waals surface area contributed by atoms with Crippen LogP contribution in [-0.4, -0.2) is 42.7 Å². The number of hydrogen-bond acceptors (Lipinski definition) is 5. The second-order valence-corrected chi connectivity index (χ2v) is 7.43. The average molecular weight is 352 g/mol. The maximum absolute atomic E-state index is 14.6. The number of ether oxygens (including phenoxy) is 1. The van der Waals surface area contributed by atoms with Crippen molar-refractivity contribution >= 4 is 29.3 Å². The normalized spacial score (nSPS) is 27.0. The van der Waals surface area contributed by atoms with Crippen molar-refractivity contribution in [2.24, 2.45) is 5.92 Å². The van der Waals surface area contributed by atoms with Crippen molar-refractivity contribution in [3.8, 4) is 0 Å². The summed E-state index contributed by atoms with van der Waals surface area (Å²) < 4.78 is 19.8. The summed E-state index contributed by atoms with van der Waals surface area (Å²) in [6.07, 6.45) is -0.665. The van der Waals surface area contributed by atoms with Crippen molar-refractivity contribution in [2.75, 3.05) is 29.5 Å². The van der Waals surface area contributed by atoms with Crippen LogP contribution in [0.5, 0.6) is 0 Å². The van der Waals surface area contributed by atoms with Crippen LogP contribution in [0.4, 0.5) is 10.1 Å². The van der Waals surface area contributed by atoms with Gasteiger partial charge in [-0.3, -0.25) is 9.59 Å². The lowest BCUT2D eigenvalue weighted by Gasteiger charge is -2.29. The molecule has 0 aliphatic carbocycles. The molecule has 0 aromatic heterocycles. The second-order valence-electron chi connectivity index (χ2n) is 6.21. The van der Waals surface area contributed by atoms with E-state index in [1.54, 1.807) is 12.1 Å². The van der Waals surface area contributed by atoms with Gasteiger partial charge in [-0.25, -0.2) is 4.39 Å². The summed E-state index contributed by atoms with van der Waals surface area (Å²) in [5, 5.41) is 2.61. The van der Waals surface area contributed by atoms with Gasteiger partial charge in [0.1, 0.15) is 5.82 Å². The zero-order valence-corrected chi connectivity index (χ0v) is 14.6. The third-order valence-corrected chi connectivity index (χ3v) is 5.47. The molecule has 0 radical (unpaired) electrons. The highest BCUT2D eigenvalue weighted by Crippen LogP contribution is 2.37. The van der Waals surface area contributed by atoms with E-state index < -0.39 is 18.1 Å². The van der Waals surface area contributed by atoms with Crippen LogP contribution in [-0.2, 0) is 14.3 Å². The number of hydrogen-bond donors (Lipinski definition) is 1. The Bertz CT molecular complexity index is 649. The van der Waals surface area contributed by atoms with Crippen molar-refractivity contribution in [1.82, 2.24) is 5.32 Å². The van der Waals surface area contributed by atoms with Gasteiger partial charge >= 0.3 is 5.97 Å². The number of cyclic esters (lactones) is 1. The van der Waals surface area contributed by atoms with Crippen LogP contribution in [0, 0.1) is 11.7 Å². The van der Waals surface area contributed by atoms with Gasteiger partial charge < -0.3 is 15.0 Å². The van der Waals surface area contributed by atoms with Gasteiger partial charge in [0, 0.05) is 37.4 Å². The van der Waals surface area contributed by atoms with Crippen LogP contribution in [0.1, 0.15) is 25.3 Å². The minimum atomic E-state index is -0.665. The fraction of sp³-hybridized carbons (Fsp3) is 0.529. The lowest BCUT2D eigenvalue weighted by molar-refractivity contribution is -0.144. The van der Waals surface area contributed by atoms with Gasteiger partial charge in [-0.2, -0.15) is 11.8 Å². The Hall–Kier alpha value is -1.76. The molecular formula is C17H21FN2O3S.